The Bertz CT molecular complexity index is 527. The summed E-state index contributed by atoms with van der Waals surface area (Å²) >= 11 is 1.58. The summed E-state index contributed by atoms with van der Waals surface area (Å²) in [5.41, 5.74) is 8.79. The summed E-state index contributed by atoms with van der Waals surface area (Å²) in [6.07, 6.45) is 2.64. The highest BCUT2D eigenvalue weighted by Gasteiger charge is 2.08. The Balaban J connectivity index is 2.10. The minimum Gasteiger partial charge on any atom is -0.490 e. The van der Waals surface area contributed by atoms with Gasteiger partial charge in [-0.3, -0.25) is 4.98 Å². The van der Waals surface area contributed by atoms with Crippen molar-refractivity contribution in [2.45, 2.75) is 32.9 Å². The van der Waals surface area contributed by atoms with Gasteiger partial charge in [-0.05, 0) is 38.0 Å². The van der Waals surface area contributed by atoms with E-state index in [0.717, 1.165) is 28.4 Å². The van der Waals surface area contributed by atoms with Crippen LogP contribution in [0.5, 0.6) is 11.5 Å². The van der Waals surface area contributed by atoms with E-state index in [1.54, 1.807) is 16.8 Å². The lowest BCUT2D eigenvalue weighted by atomic mass is 10.1. The second-order valence-corrected chi connectivity index (χ2v) is 5.62. The molecule has 0 fully saturated rings. The van der Waals surface area contributed by atoms with E-state index in [4.69, 9.17) is 15.2 Å². The monoisotopic (exact) mass is 292 g/mol. The normalized spacial score (nSPS) is 12.2. The summed E-state index contributed by atoms with van der Waals surface area (Å²) < 4.78 is 11.5. The van der Waals surface area contributed by atoms with E-state index in [9.17, 15) is 0 Å². The second kappa shape index (κ2) is 7.26. The lowest BCUT2D eigenvalue weighted by Gasteiger charge is -2.13. The second-order valence-electron chi connectivity index (χ2n) is 4.65. The summed E-state index contributed by atoms with van der Waals surface area (Å²) in [5, 5.41) is 0. The summed E-state index contributed by atoms with van der Waals surface area (Å²) in [6.45, 7) is 5.08. The molecular formula is C15H20N2O2S. The van der Waals surface area contributed by atoms with Crippen LogP contribution in [-0.4, -0.2) is 17.6 Å². The SMILES string of the molecule is CCOc1cc(CC(C)N)ccc1OCc1cncs1. The third-order valence-corrected chi connectivity index (χ3v) is 3.47. The average molecular weight is 292 g/mol. The van der Waals surface area contributed by atoms with Crippen molar-refractivity contribution in [1.29, 1.82) is 0 Å². The summed E-state index contributed by atoms with van der Waals surface area (Å²) in [7, 11) is 0. The molecule has 108 valence electrons. The van der Waals surface area contributed by atoms with Crippen molar-refractivity contribution < 1.29 is 9.47 Å². The number of rotatable bonds is 7. The van der Waals surface area contributed by atoms with Crippen LogP contribution in [0.25, 0.3) is 0 Å². The number of aromatic nitrogens is 1. The van der Waals surface area contributed by atoms with Crippen LogP contribution in [0, 0.1) is 0 Å². The third-order valence-electron chi connectivity index (χ3n) is 2.72. The van der Waals surface area contributed by atoms with Crippen LogP contribution in [0.3, 0.4) is 0 Å². The maximum atomic E-state index is 5.83. The predicted octanol–water partition coefficient (Wildman–Crippen LogP) is 3.01. The molecule has 0 bridgehead atoms. The quantitative estimate of drug-likeness (QED) is 0.852. The molecular weight excluding hydrogens is 272 g/mol. The van der Waals surface area contributed by atoms with Gasteiger partial charge < -0.3 is 15.2 Å². The van der Waals surface area contributed by atoms with Crippen molar-refractivity contribution in [3.8, 4) is 11.5 Å². The highest BCUT2D eigenvalue weighted by molar-refractivity contribution is 7.09. The molecule has 0 saturated heterocycles. The van der Waals surface area contributed by atoms with Crippen LogP contribution >= 0.6 is 11.3 Å². The van der Waals surface area contributed by atoms with Crippen LogP contribution in [0.2, 0.25) is 0 Å². The number of ether oxygens (including phenoxy) is 2. The van der Waals surface area contributed by atoms with Crippen LogP contribution in [0.15, 0.2) is 29.9 Å². The fourth-order valence-electron chi connectivity index (χ4n) is 1.90. The zero-order chi connectivity index (χ0) is 14.4. The van der Waals surface area contributed by atoms with Gasteiger partial charge in [-0.25, -0.2) is 0 Å². The van der Waals surface area contributed by atoms with E-state index in [-0.39, 0.29) is 6.04 Å². The molecule has 4 nitrogen and oxygen atoms in total. The van der Waals surface area contributed by atoms with Crippen LogP contribution in [0.1, 0.15) is 24.3 Å². The number of benzene rings is 1. The standard InChI is InChI=1S/C15H20N2O2S/c1-3-18-15-7-12(6-11(2)16)4-5-14(15)19-9-13-8-17-10-20-13/h4-5,7-8,10-11H,3,6,9,16H2,1-2H3. The molecule has 1 aromatic carbocycles. The molecule has 5 heteroatoms. The van der Waals surface area contributed by atoms with Crippen molar-refractivity contribution in [3.05, 3.63) is 40.3 Å². The van der Waals surface area contributed by atoms with Gasteiger partial charge in [-0.2, -0.15) is 0 Å². The van der Waals surface area contributed by atoms with Crippen LogP contribution < -0.4 is 15.2 Å². The Morgan fingerprint density at radius 2 is 2.15 bits per heavy atom. The molecule has 20 heavy (non-hydrogen) atoms. The van der Waals surface area contributed by atoms with Gasteiger partial charge in [0, 0.05) is 12.2 Å². The van der Waals surface area contributed by atoms with E-state index >= 15 is 0 Å². The molecule has 1 aromatic heterocycles. The largest absolute Gasteiger partial charge is 0.490 e. The first-order chi connectivity index (χ1) is 9.69. The molecule has 1 unspecified atom stereocenters. The van der Waals surface area contributed by atoms with Gasteiger partial charge in [-0.15, -0.1) is 11.3 Å². The van der Waals surface area contributed by atoms with Gasteiger partial charge in [0.15, 0.2) is 11.5 Å². The van der Waals surface area contributed by atoms with E-state index in [1.165, 1.54) is 0 Å². The molecule has 0 aliphatic carbocycles. The average Bonchev–Trinajstić information content (AvgIpc) is 2.90. The number of hydrogen-bond donors (Lipinski definition) is 1. The third kappa shape index (κ3) is 4.21. The zero-order valence-electron chi connectivity index (χ0n) is 11.8. The summed E-state index contributed by atoms with van der Waals surface area (Å²) in [5.74, 6) is 1.53. The van der Waals surface area contributed by atoms with Gasteiger partial charge >= 0.3 is 0 Å². The first-order valence-electron chi connectivity index (χ1n) is 6.70. The minimum atomic E-state index is 0.133. The van der Waals surface area contributed by atoms with Gasteiger partial charge in [0.1, 0.15) is 6.61 Å². The van der Waals surface area contributed by atoms with E-state index in [1.807, 2.05) is 38.2 Å². The molecule has 0 aliphatic rings. The molecule has 0 amide bonds. The zero-order valence-corrected chi connectivity index (χ0v) is 12.7. The minimum absolute atomic E-state index is 0.133. The molecule has 2 N–H and O–H groups in total. The highest BCUT2D eigenvalue weighted by atomic mass is 32.1. The van der Waals surface area contributed by atoms with E-state index in [0.29, 0.717) is 13.2 Å². The van der Waals surface area contributed by atoms with Crippen molar-refractivity contribution in [2.24, 2.45) is 5.73 Å². The Labute approximate surface area is 123 Å². The first kappa shape index (κ1) is 14.8. The maximum absolute atomic E-state index is 5.83. The van der Waals surface area contributed by atoms with Gasteiger partial charge in [0.05, 0.1) is 17.0 Å². The first-order valence-corrected chi connectivity index (χ1v) is 7.58. The number of hydrogen-bond acceptors (Lipinski definition) is 5. The van der Waals surface area contributed by atoms with E-state index in [2.05, 4.69) is 4.98 Å². The van der Waals surface area contributed by atoms with Gasteiger partial charge in [0.2, 0.25) is 0 Å². The van der Waals surface area contributed by atoms with E-state index < -0.39 is 0 Å². The summed E-state index contributed by atoms with van der Waals surface area (Å²) in [4.78, 5) is 5.12. The lowest BCUT2D eigenvalue weighted by Crippen LogP contribution is -2.17. The Morgan fingerprint density at radius 3 is 2.80 bits per heavy atom. The predicted molar refractivity (Wildman–Crippen MR) is 81.4 cm³/mol. The Hall–Kier alpha value is -1.59. The molecule has 0 radical (unpaired) electrons. The Morgan fingerprint density at radius 1 is 1.30 bits per heavy atom. The Kier molecular flexibility index (Phi) is 5.38. The summed E-state index contributed by atoms with van der Waals surface area (Å²) in [6, 6.07) is 6.13. The molecule has 1 heterocycles. The van der Waals surface area contributed by atoms with Gasteiger partial charge in [-0.1, -0.05) is 6.07 Å². The molecule has 2 rings (SSSR count). The number of nitrogens with two attached hydrogens (primary N) is 1. The molecule has 0 aliphatic heterocycles. The molecule has 0 saturated carbocycles. The maximum Gasteiger partial charge on any atom is 0.161 e. The fraction of sp³-hybridized carbons (Fsp3) is 0.400. The van der Waals surface area contributed by atoms with Crippen LogP contribution in [-0.2, 0) is 13.0 Å². The van der Waals surface area contributed by atoms with Crippen molar-refractivity contribution in [3.63, 3.8) is 0 Å². The highest BCUT2D eigenvalue weighted by Crippen LogP contribution is 2.30. The van der Waals surface area contributed by atoms with Crippen molar-refractivity contribution in [1.82, 2.24) is 4.98 Å². The number of nitrogens with zero attached hydrogens (tertiary/aromatic N) is 1. The van der Waals surface area contributed by atoms with Crippen molar-refractivity contribution in [2.75, 3.05) is 6.61 Å². The molecule has 1 atom stereocenters. The molecule has 2 aromatic rings. The van der Waals surface area contributed by atoms with Gasteiger partial charge in [0.25, 0.3) is 0 Å². The lowest BCUT2D eigenvalue weighted by molar-refractivity contribution is 0.271. The molecule has 0 spiro atoms. The smallest absolute Gasteiger partial charge is 0.161 e. The van der Waals surface area contributed by atoms with Crippen molar-refractivity contribution >= 4 is 11.3 Å². The fourth-order valence-corrected chi connectivity index (χ4v) is 2.41. The topological polar surface area (TPSA) is 57.4 Å². The van der Waals surface area contributed by atoms with Crippen LogP contribution in [0.4, 0.5) is 0 Å². The number of thiazole rings is 1.